The Morgan fingerprint density at radius 2 is 2.05 bits per heavy atom. The number of aromatic nitrogens is 1. The lowest BCUT2D eigenvalue weighted by molar-refractivity contribution is -0.168. The van der Waals surface area contributed by atoms with E-state index in [1.54, 1.807) is 11.3 Å². The molecule has 1 aromatic heterocycles. The van der Waals surface area contributed by atoms with Gasteiger partial charge in [0.15, 0.2) is 14.6 Å². The minimum atomic E-state index is -3.58. The Morgan fingerprint density at radius 1 is 1.32 bits per heavy atom. The Hall–Kier alpha value is -0.623. The van der Waals surface area contributed by atoms with Gasteiger partial charge in [-0.15, -0.1) is 11.3 Å². The zero-order valence-electron chi connectivity index (χ0n) is 26.2. The van der Waals surface area contributed by atoms with E-state index in [9.17, 15) is 8.42 Å². The van der Waals surface area contributed by atoms with Crippen molar-refractivity contribution in [1.29, 1.82) is 0 Å². The summed E-state index contributed by atoms with van der Waals surface area (Å²) in [6, 6.07) is 0. The normalized spacial score (nSPS) is 26.1. The molecule has 1 saturated heterocycles. The van der Waals surface area contributed by atoms with E-state index in [2.05, 4.69) is 64.2 Å². The molecule has 7 nitrogen and oxygen atoms in total. The first-order chi connectivity index (χ1) is 18.5. The summed E-state index contributed by atoms with van der Waals surface area (Å²) in [5, 5.41) is 3.17. The Bertz CT molecular complexity index is 1090. The first-order valence-electron chi connectivity index (χ1n) is 14.9. The molecule has 0 N–H and O–H groups in total. The highest BCUT2D eigenvalue weighted by Gasteiger charge is 2.58. The van der Waals surface area contributed by atoms with Crippen molar-refractivity contribution in [3.8, 4) is 0 Å². The Kier molecular flexibility index (Phi) is 11.7. The fourth-order valence-electron chi connectivity index (χ4n) is 5.25. The molecule has 230 valence electrons. The summed E-state index contributed by atoms with van der Waals surface area (Å²) in [6.07, 6.45) is 10.4. The molecule has 0 spiro atoms. The van der Waals surface area contributed by atoms with Crippen molar-refractivity contribution < 1.29 is 26.5 Å². The van der Waals surface area contributed by atoms with Gasteiger partial charge in [0, 0.05) is 12.0 Å². The van der Waals surface area contributed by atoms with Gasteiger partial charge in [0.2, 0.25) is 0 Å². The molecule has 1 aromatic rings. The molecule has 1 aliphatic carbocycles. The summed E-state index contributed by atoms with van der Waals surface area (Å²) < 4.78 is 49.1. The van der Waals surface area contributed by atoms with Crippen LogP contribution in [0.25, 0.3) is 6.08 Å². The molecular weight excluding hydrogens is 563 g/mol. The molecule has 2 heterocycles. The average molecular weight is 616 g/mol. The van der Waals surface area contributed by atoms with Crippen molar-refractivity contribution in [3.05, 3.63) is 21.7 Å². The molecule has 5 atom stereocenters. The van der Waals surface area contributed by atoms with Crippen LogP contribution in [0.4, 0.5) is 0 Å². The van der Waals surface area contributed by atoms with Crippen LogP contribution in [0, 0.1) is 18.8 Å². The van der Waals surface area contributed by atoms with Gasteiger partial charge in [0.05, 0.1) is 35.3 Å². The maximum atomic E-state index is 12.3. The van der Waals surface area contributed by atoms with Gasteiger partial charge in [-0.3, -0.25) is 4.18 Å². The smallest absolute Gasteiger partial charge is 0.264 e. The van der Waals surface area contributed by atoms with Crippen LogP contribution in [0.1, 0.15) is 96.7 Å². The second-order valence-electron chi connectivity index (χ2n) is 13.7. The molecule has 1 unspecified atom stereocenters. The van der Waals surface area contributed by atoms with Gasteiger partial charge in [0.1, 0.15) is 0 Å². The number of aryl methyl sites for hydroxylation is 1. The fourth-order valence-corrected chi connectivity index (χ4v) is 8.05. The number of thiazole rings is 1. The van der Waals surface area contributed by atoms with Crippen LogP contribution in [0.5, 0.6) is 0 Å². The van der Waals surface area contributed by atoms with E-state index in [1.807, 2.05) is 6.92 Å². The largest absolute Gasteiger partial charge is 0.410 e. The Morgan fingerprint density at radius 3 is 2.62 bits per heavy atom. The lowest BCUT2D eigenvalue weighted by Gasteiger charge is -2.40. The predicted octanol–water partition coefficient (Wildman–Crippen LogP) is 7.72. The standard InChI is InChI=1S/C30H53NO6S2Si/c1-22(20-35-28-14-10-11-16-34-28)13-12-15-30(37-39(7,32)33)19-25(30)18-27(36-40(8,9)29(4,5)6)23(2)17-26-21-38-24(3)31-26/h17,21-22,25,27-28H,10-16,18-20H2,1-9H3/b23-17+/t22-,25+,27-,28?,30+/m0/s1. The third-order valence-electron chi connectivity index (χ3n) is 8.76. The van der Waals surface area contributed by atoms with E-state index in [-0.39, 0.29) is 23.4 Å². The van der Waals surface area contributed by atoms with Crippen LogP contribution in [0.3, 0.4) is 0 Å². The highest BCUT2D eigenvalue weighted by atomic mass is 32.2. The van der Waals surface area contributed by atoms with Crippen LogP contribution in [0.2, 0.25) is 18.1 Å². The Balaban J connectivity index is 1.67. The molecular formula is C30H53NO6S2Si. The predicted molar refractivity (Wildman–Crippen MR) is 167 cm³/mol. The lowest BCUT2D eigenvalue weighted by atomic mass is 9.98. The van der Waals surface area contributed by atoms with Crippen LogP contribution in [-0.2, 0) is 28.2 Å². The molecule has 1 saturated carbocycles. The second-order valence-corrected chi connectivity index (χ2v) is 21.1. The van der Waals surface area contributed by atoms with Gasteiger partial charge >= 0.3 is 0 Å². The summed E-state index contributed by atoms with van der Waals surface area (Å²) in [5.41, 5.74) is 1.44. The fraction of sp³-hybridized carbons (Fsp3) is 0.833. The average Bonchev–Trinajstić information content (AvgIpc) is 3.30. The van der Waals surface area contributed by atoms with Gasteiger partial charge < -0.3 is 13.9 Å². The van der Waals surface area contributed by atoms with Crippen molar-refractivity contribution in [2.24, 2.45) is 11.8 Å². The molecule has 1 aliphatic heterocycles. The molecule has 0 bridgehead atoms. The molecule has 0 radical (unpaired) electrons. The van der Waals surface area contributed by atoms with Gasteiger partial charge in [-0.25, -0.2) is 4.98 Å². The minimum Gasteiger partial charge on any atom is -0.410 e. The monoisotopic (exact) mass is 615 g/mol. The highest BCUT2D eigenvalue weighted by molar-refractivity contribution is 7.86. The second kappa shape index (κ2) is 13.8. The maximum absolute atomic E-state index is 12.3. The number of ether oxygens (including phenoxy) is 2. The lowest BCUT2D eigenvalue weighted by Crippen LogP contribution is -2.44. The molecule has 2 aliphatic rings. The zero-order chi connectivity index (χ0) is 29.8. The van der Waals surface area contributed by atoms with E-state index >= 15 is 0 Å². The molecule has 0 aromatic carbocycles. The highest BCUT2D eigenvalue weighted by Crippen LogP contribution is 2.55. The van der Waals surface area contributed by atoms with Crippen LogP contribution >= 0.6 is 11.3 Å². The van der Waals surface area contributed by atoms with Gasteiger partial charge in [-0.05, 0) is 100 Å². The molecule has 10 heteroatoms. The van der Waals surface area contributed by atoms with Gasteiger partial charge in [-0.2, -0.15) is 8.42 Å². The van der Waals surface area contributed by atoms with Crippen LogP contribution in [0.15, 0.2) is 11.0 Å². The summed E-state index contributed by atoms with van der Waals surface area (Å²) in [4.78, 5) is 4.63. The summed E-state index contributed by atoms with van der Waals surface area (Å²) in [5.74, 6) is 0.499. The van der Waals surface area contributed by atoms with E-state index in [0.717, 1.165) is 74.2 Å². The molecule has 40 heavy (non-hydrogen) atoms. The zero-order valence-corrected chi connectivity index (χ0v) is 28.9. The molecule has 3 rings (SSSR count). The maximum Gasteiger partial charge on any atom is 0.264 e. The van der Waals surface area contributed by atoms with Crippen molar-refractivity contribution >= 4 is 35.8 Å². The van der Waals surface area contributed by atoms with Crippen molar-refractivity contribution in [2.75, 3.05) is 19.5 Å². The van der Waals surface area contributed by atoms with Crippen LogP contribution < -0.4 is 0 Å². The summed E-state index contributed by atoms with van der Waals surface area (Å²) in [6.45, 7) is 19.1. The quantitative estimate of drug-likeness (QED) is 0.148. The molecule has 0 amide bonds. The number of hydrogen-bond donors (Lipinski definition) is 0. The number of rotatable bonds is 15. The van der Waals surface area contributed by atoms with E-state index in [0.29, 0.717) is 12.5 Å². The van der Waals surface area contributed by atoms with Gasteiger partial charge in [0.25, 0.3) is 10.1 Å². The Labute approximate surface area is 248 Å². The summed E-state index contributed by atoms with van der Waals surface area (Å²) in [7, 11) is -5.67. The van der Waals surface area contributed by atoms with Gasteiger partial charge in [-0.1, -0.05) is 34.1 Å². The third-order valence-corrected chi connectivity index (χ3v) is 14.7. The van der Waals surface area contributed by atoms with E-state index < -0.39 is 24.0 Å². The van der Waals surface area contributed by atoms with E-state index in [1.165, 1.54) is 6.26 Å². The van der Waals surface area contributed by atoms with Crippen molar-refractivity contribution in [2.45, 2.75) is 129 Å². The number of nitrogens with zero attached hydrogens (tertiary/aromatic N) is 1. The van der Waals surface area contributed by atoms with Crippen LogP contribution in [-0.4, -0.2) is 59.2 Å². The SMILES string of the molecule is C/C(=C\c1csc(C)n1)[C@H](C[C@@H]1C[C@@]1(CCC[C@H](C)COC1CCCCO1)OS(C)(=O)=O)O[Si](C)(C)C(C)(C)C. The first-order valence-corrected chi connectivity index (χ1v) is 20.5. The summed E-state index contributed by atoms with van der Waals surface area (Å²) >= 11 is 1.64. The first kappa shape index (κ1) is 33.9. The minimum absolute atomic E-state index is 0.0630. The van der Waals surface area contributed by atoms with Crippen molar-refractivity contribution in [1.82, 2.24) is 4.98 Å². The van der Waals surface area contributed by atoms with E-state index in [4.69, 9.17) is 18.1 Å². The molecule has 2 fully saturated rings. The van der Waals surface area contributed by atoms with Crippen molar-refractivity contribution in [3.63, 3.8) is 0 Å². The topological polar surface area (TPSA) is 84.0 Å². The third kappa shape index (κ3) is 10.3. The number of hydrogen-bond acceptors (Lipinski definition) is 8.